The summed E-state index contributed by atoms with van der Waals surface area (Å²) in [5.74, 6) is -1.50. The van der Waals surface area contributed by atoms with E-state index in [1.807, 2.05) is 43.3 Å². The summed E-state index contributed by atoms with van der Waals surface area (Å²) in [5, 5.41) is 14.2. The SMILES string of the molecule is CCC[C@@H](NC(=O)OCC1c2ccccc2-c2ccccc21)C(=O)NCC(C)CC(=O)O. The summed E-state index contributed by atoms with van der Waals surface area (Å²) in [6.45, 7) is 4.09. The summed E-state index contributed by atoms with van der Waals surface area (Å²) in [6.07, 6.45) is 0.493. The van der Waals surface area contributed by atoms with Gasteiger partial charge in [0.05, 0.1) is 0 Å². The van der Waals surface area contributed by atoms with Gasteiger partial charge in [-0.3, -0.25) is 9.59 Å². The maximum absolute atomic E-state index is 12.5. The minimum absolute atomic E-state index is 0.0292. The van der Waals surface area contributed by atoms with Crippen molar-refractivity contribution in [3.8, 4) is 11.1 Å². The predicted octanol–water partition coefficient (Wildman–Crippen LogP) is 3.92. The van der Waals surface area contributed by atoms with E-state index in [2.05, 4.69) is 22.8 Å². The number of hydrogen-bond donors (Lipinski definition) is 3. The lowest BCUT2D eigenvalue weighted by molar-refractivity contribution is -0.138. The molecule has 7 heteroatoms. The van der Waals surface area contributed by atoms with Crippen LogP contribution >= 0.6 is 0 Å². The molecule has 0 saturated carbocycles. The van der Waals surface area contributed by atoms with Gasteiger partial charge < -0.3 is 20.5 Å². The van der Waals surface area contributed by atoms with Gasteiger partial charge in [0.25, 0.3) is 0 Å². The summed E-state index contributed by atoms with van der Waals surface area (Å²) in [4.78, 5) is 35.8. The van der Waals surface area contributed by atoms with Crippen molar-refractivity contribution in [1.82, 2.24) is 10.6 Å². The molecule has 2 amide bonds. The summed E-state index contributed by atoms with van der Waals surface area (Å²) < 4.78 is 5.54. The first-order chi connectivity index (χ1) is 15.4. The number of nitrogens with one attached hydrogen (secondary N) is 2. The molecular formula is C25H30N2O5. The molecule has 1 unspecified atom stereocenters. The average molecular weight is 439 g/mol. The van der Waals surface area contributed by atoms with E-state index in [9.17, 15) is 14.4 Å². The van der Waals surface area contributed by atoms with Crippen molar-refractivity contribution >= 4 is 18.0 Å². The Kier molecular flexibility index (Phi) is 7.87. The van der Waals surface area contributed by atoms with Crippen molar-refractivity contribution in [3.63, 3.8) is 0 Å². The first kappa shape index (κ1) is 23.3. The highest BCUT2D eigenvalue weighted by Gasteiger charge is 2.29. The van der Waals surface area contributed by atoms with Crippen LogP contribution in [-0.4, -0.2) is 42.3 Å². The molecule has 170 valence electrons. The molecule has 0 saturated heterocycles. The number of ether oxygens (including phenoxy) is 1. The number of carboxylic acid groups (broad SMARTS) is 1. The number of alkyl carbamates (subject to hydrolysis) is 1. The average Bonchev–Trinajstić information content (AvgIpc) is 3.09. The Labute approximate surface area is 188 Å². The molecule has 0 heterocycles. The minimum atomic E-state index is -0.909. The van der Waals surface area contributed by atoms with Crippen LogP contribution in [0.4, 0.5) is 4.79 Å². The number of benzene rings is 2. The molecule has 7 nitrogen and oxygen atoms in total. The van der Waals surface area contributed by atoms with Crippen molar-refractivity contribution in [2.75, 3.05) is 13.2 Å². The molecule has 0 fully saturated rings. The lowest BCUT2D eigenvalue weighted by Crippen LogP contribution is -2.48. The Bertz CT molecular complexity index is 929. The molecule has 32 heavy (non-hydrogen) atoms. The zero-order valence-electron chi connectivity index (χ0n) is 18.5. The Balaban J connectivity index is 1.58. The molecule has 3 N–H and O–H groups in total. The largest absolute Gasteiger partial charge is 0.481 e. The molecule has 2 atom stereocenters. The standard InChI is InChI=1S/C25H30N2O5/c1-3-8-22(24(30)26-14-16(2)13-23(28)29)27-25(31)32-15-21-19-11-6-4-9-17(19)18-10-5-7-12-20(18)21/h4-7,9-12,16,21-22H,3,8,13-15H2,1-2H3,(H,26,30)(H,27,31)(H,28,29)/t16?,22-/m1/s1. The highest BCUT2D eigenvalue weighted by molar-refractivity contribution is 5.85. The van der Waals surface area contributed by atoms with Gasteiger partial charge in [0.2, 0.25) is 5.91 Å². The number of carbonyl (C=O) groups is 3. The maximum atomic E-state index is 12.5. The second-order valence-corrected chi connectivity index (χ2v) is 8.26. The fourth-order valence-electron chi connectivity index (χ4n) is 4.11. The van der Waals surface area contributed by atoms with E-state index in [1.165, 1.54) is 0 Å². The van der Waals surface area contributed by atoms with Crippen molar-refractivity contribution in [3.05, 3.63) is 59.7 Å². The van der Waals surface area contributed by atoms with Gasteiger partial charge in [-0.05, 0) is 34.6 Å². The van der Waals surface area contributed by atoms with Gasteiger partial charge in [-0.15, -0.1) is 0 Å². The van der Waals surface area contributed by atoms with Gasteiger partial charge in [-0.2, -0.15) is 0 Å². The zero-order valence-corrected chi connectivity index (χ0v) is 18.5. The van der Waals surface area contributed by atoms with E-state index in [0.717, 1.165) is 22.3 Å². The molecule has 0 bridgehead atoms. The summed E-state index contributed by atoms with van der Waals surface area (Å²) in [7, 11) is 0. The first-order valence-electron chi connectivity index (χ1n) is 11.0. The van der Waals surface area contributed by atoms with Crippen molar-refractivity contribution < 1.29 is 24.2 Å². The third-order valence-electron chi connectivity index (χ3n) is 5.68. The van der Waals surface area contributed by atoms with Gasteiger partial charge in [-0.1, -0.05) is 68.8 Å². The minimum Gasteiger partial charge on any atom is -0.481 e. The van der Waals surface area contributed by atoms with E-state index in [1.54, 1.807) is 6.92 Å². The molecule has 1 aliphatic rings. The van der Waals surface area contributed by atoms with Crippen LogP contribution in [0.1, 0.15) is 50.2 Å². The van der Waals surface area contributed by atoms with Gasteiger partial charge in [0.15, 0.2) is 0 Å². The second-order valence-electron chi connectivity index (χ2n) is 8.26. The second kappa shape index (κ2) is 10.8. The highest BCUT2D eigenvalue weighted by atomic mass is 16.5. The topological polar surface area (TPSA) is 105 Å². The quantitative estimate of drug-likeness (QED) is 0.521. The molecule has 0 aliphatic heterocycles. The zero-order chi connectivity index (χ0) is 23.1. The van der Waals surface area contributed by atoms with Crippen molar-refractivity contribution in [2.24, 2.45) is 5.92 Å². The monoisotopic (exact) mass is 438 g/mol. The van der Waals surface area contributed by atoms with Crippen LogP contribution in [0.25, 0.3) is 11.1 Å². The summed E-state index contributed by atoms with van der Waals surface area (Å²) in [5.41, 5.74) is 4.54. The number of fused-ring (bicyclic) bond motifs is 3. The first-order valence-corrected chi connectivity index (χ1v) is 11.0. The molecule has 1 aliphatic carbocycles. The van der Waals surface area contributed by atoms with Gasteiger partial charge in [0, 0.05) is 18.9 Å². The Hall–Kier alpha value is -3.35. The Morgan fingerprint density at radius 1 is 1.03 bits per heavy atom. The fourth-order valence-corrected chi connectivity index (χ4v) is 4.11. The van der Waals surface area contributed by atoms with E-state index in [4.69, 9.17) is 9.84 Å². The summed E-state index contributed by atoms with van der Waals surface area (Å²) >= 11 is 0. The number of carbonyl (C=O) groups excluding carboxylic acids is 2. The van der Waals surface area contributed by atoms with Gasteiger partial charge in [0.1, 0.15) is 12.6 Å². The molecule has 2 aromatic rings. The molecule has 0 spiro atoms. The Morgan fingerprint density at radius 3 is 2.19 bits per heavy atom. The van der Waals surface area contributed by atoms with Crippen LogP contribution < -0.4 is 10.6 Å². The predicted molar refractivity (Wildman–Crippen MR) is 121 cm³/mol. The van der Waals surface area contributed by atoms with Crippen LogP contribution in [0.5, 0.6) is 0 Å². The number of rotatable bonds is 10. The van der Waals surface area contributed by atoms with E-state index >= 15 is 0 Å². The smallest absolute Gasteiger partial charge is 0.407 e. The summed E-state index contributed by atoms with van der Waals surface area (Å²) in [6, 6.07) is 15.5. The molecular weight excluding hydrogens is 408 g/mol. The van der Waals surface area contributed by atoms with Crippen LogP contribution in [-0.2, 0) is 14.3 Å². The van der Waals surface area contributed by atoms with Gasteiger partial charge >= 0.3 is 12.1 Å². The van der Waals surface area contributed by atoms with Gasteiger partial charge in [-0.25, -0.2) is 4.79 Å². The van der Waals surface area contributed by atoms with Crippen LogP contribution in [0.15, 0.2) is 48.5 Å². The van der Waals surface area contributed by atoms with E-state index in [0.29, 0.717) is 12.8 Å². The van der Waals surface area contributed by atoms with Crippen LogP contribution in [0.3, 0.4) is 0 Å². The maximum Gasteiger partial charge on any atom is 0.407 e. The molecule has 2 aromatic carbocycles. The third kappa shape index (κ3) is 5.66. The third-order valence-corrected chi connectivity index (χ3v) is 5.68. The molecule has 0 radical (unpaired) electrons. The van der Waals surface area contributed by atoms with Crippen molar-refractivity contribution in [2.45, 2.75) is 45.1 Å². The highest BCUT2D eigenvalue weighted by Crippen LogP contribution is 2.44. The fraction of sp³-hybridized carbons (Fsp3) is 0.400. The van der Waals surface area contributed by atoms with Crippen LogP contribution in [0, 0.1) is 5.92 Å². The lowest BCUT2D eigenvalue weighted by Gasteiger charge is -2.20. The molecule has 3 rings (SSSR count). The number of aliphatic carboxylic acids is 1. The normalized spacial score (nSPS) is 14.1. The Morgan fingerprint density at radius 2 is 1.62 bits per heavy atom. The lowest BCUT2D eigenvalue weighted by atomic mass is 9.98. The van der Waals surface area contributed by atoms with Crippen LogP contribution in [0.2, 0.25) is 0 Å². The van der Waals surface area contributed by atoms with Crippen molar-refractivity contribution in [1.29, 1.82) is 0 Å². The van der Waals surface area contributed by atoms with E-state index < -0.39 is 18.1 Å². The number of amides is 2. The van der Waals surface area contributed by atoms with E-state index in [-0.39, 0.29) is 37.3 Å². The molecule has 0 aromatic heterocycles. The number of hydrogen-bond acceptors (Lipinski definition) is 4. The number of carboxylic acids is 1.